The van der Waals surface area contributed by atoms with Crippen molar-refractivity contribution in [2.45, 2.75) is 6.10 Å². The second kappa shape index (κ2) is 4.69. The summed E-state index contributed by atoms with van der Waals surface area (Å²) < 4.78 is 23.7. The quantitative estimate of drug-likeness (QED) is 0.927. The zero-order valence-electron chi connectivity index (χ0n) is 8.20. The largest absolute Gasteiger partial charge is 0.490 e. The summed E-state index contributed by atoms with van der Waals surface area (Å²) >= 11 is 3.04. The van der Waals surface area contributed by atoms with Crippen LogP contribution in [0.5, 0.6) is 5.75 Å². The molecule has 0 spiro atoms. The van der Waals surface area contributed by atoms with Crippen LogP contribution in [0.1, 0.15) is 0 Å². The number of cyclic esters (lactones) is 1. The summed E-state index contributed by atoms with van der Waals surface area (Å²) in [5, 5.41) is 2.50. The third kappa shape index (κ3) is 2.63. The molecule has 0 aliphatic carbocycles. The van der Waals surface area contributed by atoms with E-state index in [9.17, 15) is 9.18 Å². The summed E-state index contributed by atoms with van der Waals surface area (Å²) in [5.74, 6) is 0.0164. The smallest absolute Gasteiger partial charge is 0.407 e. The number of rotatable bonds is 3. The SMILES string of the molecule is O=C1NCC(COc2ccc(Br)c(F)c2)O1. The monoisotopic (exact) mass is 289 g/mol. The van der Waals surface area contributed by atoms with Crippen LogP contribution in [0.3, 0.4) is 0 Å². The van der Waals surface area contributed by atoms with Gasteiger partial charge in [-0.2, -0.15) is 0 Å². The highest BCUT2D eigenvalue weighted by molar-refractivity contribution is 9.10. The topological polar surface area (TPSA) is 47.6 Å². The number of amides is 1. The van der Waals surface area contributed by atoms with Crippen LogP contribution < -0.4 is 10.1 Å². The number of hydrogen-bond donors (Lipinski definition) is 1. The summed E-state index contributed by atoms with van der Waals surface area (Å²) in [6, 6.07) is 4.47. The Kier molecular flexibility index (Phi) is 3.28. The fourth-order valence-electron chi connectivity index (χ4n) is 1.28. The van der Waals surface area contributed by atoms with E-state index in [0.717, 1.165) is 0 Å². The molecule has 1 fully saturated rings. The summed E-state index contributed by atoms with van der Waals surface area (Å²) in [7, 11) is 0. The van der Waals surface area contributed by atoms with Gasteiger partial charge in [-0.25, -0.2) is 9.18 Å². The van der Waals surface area contributed by atoms with Crippen LogP contribution in [0.25, 0.3) is 0 Å². The van der Waals surface area contributed by atoms with E-state index >= 15 is 0 Å². The second-order valence-corrected chi connectivity index (χ2v) is 4.15. The maximum Gasteiger partial charge on any atom is 0.407 e. The molecular formula is C10H9BrFNO3. The minimum Gasteiger partial charge on any atom is -0.490 e. The zero-order valence-corrected chi connectivity index (χ0v) is 9.79. The van der Waals surface area contributed by atoms with Gasteiger partial charge in [0.2, 0.25) is 0 Å². The van der Waals surface area contributed by atoms with Crippen molar-refractivity contribution in [3.8, 4) is 5.75 Å². The van der Waals surface area contributed by atoms with E-state index in [1.807, 2.05) is 0 Å². The maximum absolute atomic E-state index is 13.1. The lowest BCUT2D eigenvalue weighted by atomic mass is 10.3. The first-order valence-electron chi connectivity index (χ1n) is 4.67. The van der Waals surface area contributed by atoms with Crippen molar-refractivity contribution in [1.82, 2.24) is 5.32 Å². The normalized spacial score (nSPS) is 19.1. The Labute approximate surface area is 99.9 Å². The van der Waals surface area contributed by atoms with Crippen LogP contribution >= 0.6 is 15.9 Å². The van der Waals surface area contributed by atoms with E-state index in [0.29, 0.717) is 16.8 Å². The Morgan fingerprint density at radius 1 is 1.62 bits per heavy atom. The maximum atomic E-state index is 13.1. The molecule has 1 aromatic carbocycles. The van der Waals surface area contributed by atoms with Gasteiger partial charge in [-0.3, -0.25) is 0 Å². The molecule has 0 saturated carbocycles. The van der Waals surface area contributed by atoms with Crippen LogP contribution in [-0.2, 0) is 4.74 Å². The first-order chi connectivity index (χ1) is 7.65. The van der Waals surface area contributed by atoms with Crippen molar-refractivity contribution in [2.75, 3.05) is 13.2 Å². The molecule has 1 unspecified atom stereocenters. The van der Waals surface area contributed by atoms with Crippen LogP contribution in [-0.4, -0.2) is 25.3 Å². The van der Waals surface area contributed by atoms with Crippen LogP contribution in [0.4, 0.5) is 9.18 Å². The van der Waals surface area contributed by atoms with Crippen molar-refractivity contribution in [2.24, 2.45) is 0 Å². The molecule has 1 atom stereocenters. The molecule has 4 nitrogen and oxygen atoms in total. The second-order valence-electron chi connectivity index (χ2n) is 3.30. The van der Waals surface area contributed by atoms with Crippen molar-refractivity contribution in [3.05, 3.63) is 28.5 Å². The molecule has 1 heterocycles. The lowest BCUT2D eigenvalue weighted by molar-refractivity contribution is 0.104. The molecule has 1 aliphatic heterocycles. The van der Waals surface area contributed by atoms with E-state index < -0.39 is 6.09 Å². The molecule has 1 N–H and O–H groups in total. The zero-order chi connectivity index (χ0) is 11.5. The summed E-state index contributed by atoms with van der Waals surface area (Å²) in [4.78, 5) is 10.7. The van der Waals surface area contributed by atoms with Crippen molar-refractivity contribution < 1.29 is 18.7 Å². The predicted molar refractivity (Wildman–Crippen MR) is 57.9 cm³/mol. The molecule has 1 aliphatic rings. The number of halogens is 2. The van der Waals surface area contributed by atoms with Crippen LogP contribution in [0.2, 0.25) is 0 Å². The molecule has 16 heavy (non-hydrogen) atoms. The summed E-state index contributed by atoms with van der Waals surface area (Å²) in [6.45, 7) is 0.623. The molecule has 0 aromatic heterocycles. The lowest BCUT2D eigenvalue weighted by Crippen LogP contribution is -2.21. The number of ether oxygens (including phenoxy) is 2. The fourth-order valence-corrected chi connectivity index (χ4v) is 1.53. The van der Waals surface area contributed by atoms with Gasteiger partial charge in [-0.1, -0.05) is 0 Å². The van der Waals surface area contributed by atoms with E-state index in [1.54, 1.807) is 12.1 Å². The van der Waals surface area contributed by atoms with Crippen molar-refractivity contribution in [3.63, 3.8) is 0 Å². The van der Waals surface area contributed by atoms with Gasteiger partial charge in [-0.05, 0) is 28.1 Å². The average molecular weight is 290 g/mol. The van der Waals surface area contributed by atoms with E-state index in [-0.39, 0.29) is 18.5 Å². The lowest BCUT2D eigenvalue weighted by Gasteiger charge is -2.10. The van der Waals surface area contributed by atoms with Gasteiger partial charge in [0.1, 0.15) is 18.2 Å². The molecule has 2 rings (SSSR count). The Morgan fingerprint density at radius 3 is 3.06 bits per heavy atom. The Hall–Kier alpha value is -1.30. The number of nitrogens with one attached hydrogen (secondary N) is 1. The van der Waals surface area contributed by atoms with E-state index in [4.69, 9.17) is 9.47 Å². The molecule has 1 saturated heterocycles. The first kappa shape index (κ1) is 11.2. The third-order valence-corrected chi connectivity index (χ3v) is 2.72. The molecule has 6 heteroatoms. The van der Waals surface area contributed by atoms with E-state index in [1.165, 1.54) is 6.07 Å². The van der Waals surface area contributed by atoms with Gasteiger partial charge in [0.25, 0.3) is 0 Å². The highest BCUT2D eigenvalue weighted by Crippen LogP contribution is 2.21. The number of carbonyl (C=O) groups excluding carboxylic acids is 1. The molecule has 1 aromatic rings. The number of benzene rings is 1. The Bertz CT molecular complexity index is 413. The van der Waals surface area contributed by atoms with Gasteiger partial charge < -0.3 is 14.8 Å². The standard InChI is InChI=1S/C10H9BrFNO3/c11-8-2-1-6(3-9(8)12)15-5-7-4-13-10(14)16-7/h1-3,7H,4-5H2,(H,13,14). The molecule has 0 radical (unpaired) electrons. The summed E-state index contributed by atoms with van der Waals surface area (Å²) in [6.07, 6.45) is -0.769. The first-order valence-corrected chi connectivity index (χ1v) is 5.47. The van der Waals surface area contributed by atoms with Gasteiger partial charge in [0.05, 0.1) is 11.0 Å². The molecule has 1 amide bonds. The number of hydrogen-bond acceptors (Lipinski definition) is 3. The predicted octanol–water partition coefficient (Wildman–Crippen LogP) is 2.08. The fraction of sp³-hybridized carbons (Fsp3) is 0.300. The van der Waals surface area contributed by atoms with Crippen molar-refractivity contribution in [1.29, 1.82) is 0 Å². The third-order valence-electron chi connectivity index (χ3n) is 2.07. The Balaban J connectivity index is 1.89. The number of carbonyl (C=O) groups is 1. The minimum absolute atomic E-state index is 0.208. The van der Waals surface area contributed by atoms with Gasteiger partial charge in [0.15, 0.2) is 6.10 Å². The van der Waals surface area contributed by atoms with Gasteiger partial charge in [-0.15, -0.1) is 0 Å². The van der Waals surface area contributed by atoms with Gasteiger partial charge in [0, 0.05) is 6.07 Å². The molecular weight excluding hydrogens is 281 g/mol. The Morgan fingerprint density at radius 2 is 2.44 bits per heavy atom. The number of alkyl carbamates (subject to hydrolysis) is 1. The summed E-state index contributed by atoms with van der Waals surface area (Å²) in [5.41, 5.74) is 0. The van der Waals surface area contributed by atoms with Crippen LogP contribution in [0, 0.1) is 5.82 Å². The minimum atomic E-state index is -0.449. The molecule has 0 bridgehead atoms. The molecule has 86 valence electrons. The van der Waals surface area contributed by atoms with E-state index in [2.05, 4.69) is 21.2 Å². The van der Waals surface area contributed by atoms with Crippen molar-refractivity contribution >= 4 is 22.0 Å². The average Bonchev–Trinajstić information content (AvgIpc) is 2.66. The highest BCUT2D eigenvalue weighted by atomic mass is 79.9. The van der Waals surface area contributed by atoms with Crippen LogP contribution in [0.15, 0.2) is 22.7 Å². The highest BCUT2D eigenvalue weighted by Gasteiger charge is 2.22. The van der Waals surface area contributed by atoms with Gasteiger partial charge >= 0.3 is 6.09 Å².